The molecule has 26 heavy (non-hydrogen) atoms. The monoisotopic (exact) mass is 396 g/mol. The summed E-state index contributed by atoms with van der Waals surface area (Å²) in [6.07, 6.45) is 4.27. The lowest BCUT2D eigenvalue weighted by molar-refractivity contribution is 0.330. The van der Waals surface area contributed by atoms with Crippen LogP contribution in [-0.4, -0.2) is 32.5 Å². The minimum Gasteiger partial charge on any atom is -0.598 e. The second-order valence-electron chi connectivity index (χ2n) is 6.99. The van der Waals surface area contributed by atoms with E-state index in [1.54, 1.807) is 0 Å². The van der Waals surface area contributed by atoms with Gasteiger partial charge in [-0.1, -0.05) is 16.8 Å². The predicted molar refractivity (Wildman–Crippen MR) is 105 cm³/mol. The van der Waals surface area contributed by atoms with E-state index in [0.29, 0.717) is 28.8 Å². The maximum atomic E-state index is 11.8. The standard InChI is InChI=1S/C18H25ClN4O2S/c1-12(2)26(24)20-11-13-3-9-16(10-4-13)21-18-22-17(23-25-18)14-5-7-15(19)8-6-14/h5-8,12-13,16,20H,3-4,9-11H2,1-2H3,(H,21,22,23)/t13-,16-,26?. The predicted octanol–water partition coefficient (Wildman–Crippen LogP) is 4.02. The zero-order chi connectivity index (χ0) is 18.5. The highest BCUT2D eigenvalue weighted by molar-refractivity contribution is 7.90. The van der Waals surface area contributed by atoms with Crippen molar-refractivity contribution >= 4 is 29.0 Å². The number of aromatic nitrogens is 2. The van der Waals surface area contributed by atoms with E-state index in [4.69, 9.17) is 16.1 Å². The first kappa shape index (κ1) is 19.5. The summed E-state index contributed by atoms with van der Waals surface area (Å²) < 4.78 is 20.3. The van der Waals surface area contributed by atoms with Gasteiger partial charge in [-0.25, -0.2) is 0 Å². The lowest BCUT2D eigenvalue weighted by atomic mass is 9.86. The van der Waals surface area contributed by atoms with Crippen LogP contribution in [0, 0.1) is 5.92 Å². The molecule has 0 aliphatic heterocycles. The molecule has 8 heteroatoms. The van der Waals surface area contributed by atoms with Gasteiger partial charge in [-0.3, -0.25) is 0 Å². The van der Waals surface area contributed by atoms with Crippen LogP contribution >= 0.6 is 11.6 Å². The number of rotatable bonds is 7. The molecule has 6 nitrogen and oxygen atoms in total. The number of halogens is 1. The van der Waals surface area contributed by atoms with Gasteiger partial charge in [0.1, 0.15) is 5.25 Å². The molecule has 3 rings (SSSR count). The van der Waals surface area contributed by atoms with Crippen molar-refractivity contribution in [1.82, 2.24) is 14.9 Å². The van der Waals surface area contributed by atoms with Crippen LogP contribution in [0.15, 0.2) is 28.8 Å². The summed E-state index contributed by atoms with van der Waals surface area (Å²) in [6, 6.07) is 8.15. The zero-order valence-corrected chi connectivity index (χ0v) is 16.6. The Morgan fingerprint density at radius 2 is 1.92 bits per heavy atom. The molecular weight excluding hydrogens is 372 g/mol. The summed E-state index contributed by atoms with van der Waals surface area (Å²) in [6.45, 7) is 4.75. The molecule has 1 heterocycles. The Hall–Kier alpha value is -1.28. The maximum absolute atomic E-state index is 11.8. The van der Waals surface area contributed by atoms with Gasteiger partial charge in [-0.2, -0.15) is 4.98 Å². The number of nitrogens with zero attached hydrogens (tertiary/aromatic N) is 2. The Labute approximate surface area is 162 Å². The number of hydrogen-bond acceptors (Lipinski definition) is 6. The molecule has 1 aliphatic rings. The highest BCUT2D eigenvalue weighted by Crippen LogP contribution is 2.27. The Morgan fingerprint density at radius 3 is 2.58 bits per heavy atom. The van der Waals surface area contributed by atoms with Crippen LogP contribution < -0.4 is 10.0 Å². The molecule has 1 aliphatic carbocycles. The summed E-state index contributed by atoms with van der Waals surface area (Å²) in [7, 11) is 0. The van der Waals surface area contributed by atoms with Crippen LogP contribution in [0.5, 0.6) is 0 Å². The molecule has 1 fully saturated rings. The van der Waals surface area contributed by atoms with E-state index in [2.05, 4.69) is 20.2 Å². The van der Waals surface area contributed by atoms with Gasteiger partial charge < -0.3 is 14.4 Å². The summed E-state index contributed by atoms with van der Waals surface area (Å²) in [4.78, 5) is 4.42. The fourth-order valence-corrected chi connectivity index (χ4v) is 3.91. The minimum absolute atomic E-state index is 0.153. The average Bonchev–Trinajstić information content (AvgIpc) is 3.10. The SMILES string of the molecule is CC(C)[S+]([O-])NC[C@H]1CC[C@H](Nc2nc(-c3ccc(Cl)cc3)no2)CC1. The quantitative estimate of drug-likeness (QED) is 0.687. The number of nitrogens with one attached hydrogen (secondary N) is 2. The molecule has 1 aromatic heterocycles. The van der Waals surface area contributed by atoms with Gasteiger partial charge in [0.2, 0.25) is 5.82 Å². The van der Waals surface area contributed by atoms with Crippen molar-refractivity contribution < 1.29 is 9.08 Å². The van der Waals surface area contributed by atoms with Gasteiger partial charge in [-0.15, -0.1) is 4.72 Å². The minimum atomic E-state index is -0.938. The average molecular weight is 397 g/mol. The van der Waals surface area contributed by atoms with Crippen molar-refractivity contribution in [3.63, 3.8) is 0 Å². The number of anilines is 1. The molecule has 0 saturated heterocycles. The van der Waals surface area contributed by atoms with Gasteiger partial charge in [0.05, 0.1) is 0 Å². The first-order valence-electron chi connectivity index (χ1n) is 9.01. The van der Waals surface area contributed by atoms with E-state index in [1.807, 2.05) is 38.1 Å². The molecule has 2 aromatic rings. The van der Waals surface area contributed by atoms with Crippen molar-refractivity contribution in [1.29, 1.82) is 0 Å². The lowest BCUT2D eigenvalue weighted by Crippen LogP contribution is -2.37. The molecule has 142 valence electrons. The zero-order valence-electron chi connectivity index (χ0n) is 15.1. The summed E-state index contributed by atoms with van der Waals surface area (Å²) >= 11 is 4.96. The van der Waals surface area contributed by atoms with E-state index < -0.39 is 11.4 Å². The molecular formula is C18H25ClN4O2S. The molecule has 0 amide bonds. The third kappa shape index (κ3) is 5.36. The third-order valence-electron chi connectivity index (χ3n) is 4.65. The Balaban J connectivity index is 1.45. The number of benzene rings is 1. The van der Waals surface area contributed by atoms with Gasteiger partial charge in [0.25, 0.3) is 0 Å². The summed E-state index contributed by atoms with van der Waals surface area (Å²) in [5.74, 6) is 1.13. The second-order valence-corrected chi connectivity index (χ2v) is 9.25. The van der Waals surface area contributed by atoms with Gasteiger partial charge in [0, 0.05) is 34.5 Å². The van der Waals surface area contributed by atoms with Crippen molar-refractivity contribution in [2.24, 2.45) is 5.92 Å². The maximum Gasteiger partial charge on any atom is 0.322 e. The Kier molecular flexibility index (Phi) is 6.80. The van der Waals surface area contributed by atoms with Crippen LogP contribution in [0.4, 0.5) is 6.01 Å². The van der Waals surface area contributed by atoms with Crippen LogP contribution in [-0.2, 0) is 11.4 Å². The van der Waals surface area contributed by atoms with Crippen LogP contribution in [0.1, 0.15) is 39.5 Å². The van der Waals surface area contributed by atoms with E-state index in [0.717, 1.165) is 37.8 Å². The van der Waals surface area contributed by atoms with Gasteiger partial charge >= 0.3 is 6.01 Å². The summed E-state index contributed by atoms with van der Waals surface area (Å²) in [5, 5.41) is 8.20. The molecule has 0 spiro atoms. The molecule has 0 radical (unpaired) electrons. The highest BCUT2D eigenvalue weighted by Gasteiger charge is 2.24. The second kappa shape index (κ2) is 9.08. The Morgan fingerprint density at radius 1 is 1.23 bits per heavy atom. The number of hydrogen-bond donors (Lipinski definition) is 2. The first-order valence-corrected chi connectivity index (χ1v) is 10.6. The molecule has 1 unspecified atom stereocenters. The summed E-state index contributed by atoms with van der Waals surface area (Å²) in [5.41, 5.74) is 0.874. The smallest absolute Gasteiger partial charge is 0.322 e. The normalized spacial score (nSPS) is 21.7. The third-order valence-corrected chi connectivity index (χ3v) is 6.20. The van der Waals surface area contributed by atoms with Crippen molar-refractivity contribution in [2.45, 2.75) is 50.8 Å². The van der Waals surface area contributed by atoms with Crippen LogP contribution in [0.2, 0.25) is 5.02 Å². The topological polar surface area (TPSA) is 86.0 Å². The lowest BCUT2D eigenvalue weighted by Gasteiger charge is -2.28. The molecule has 2 N–H and O–H groups in total. The molecule has 1 aromatic carbocycles. The molecule has 1 atom stereocenters. The molecule has 0 bridgehead atoms. The molecule has 1 saturated carbocycles. The van der Waals surface area contributed by atoms with Gasteiger partial charge in [0.15, 0.2) is 0 Å². The van der Waals surface area contributed by atoms with Crippen molar-refractivity contribution in [3.8, 4) is 11.4 Å². The van der Waals surface area contributed by atoms with Crippen molar-refractivity contribution in [2.75, 3.05) is 11.9 Å². The van der Waals surface area contributed by atoms with Crippen LogP contribution in [0.3, 0.4) is 0 Å². The fraction of sp³-hybridized carbons (Fsp3) is 0.556. The highest BCUT2D eigenvalue weighted by atomic mass is 35.5. The van der Waals surface area contributed by atoms with Crippen LogP contribution in [0.25, 0.3) is 11.4 Å². The van der Waals surface area contributed by atoms with E-state index in [9.17, 15) is 4.55 Å². The van der Waals surface area contributed by atoms with Crippen molar-refractivity contribution in [3.05, 3.63) is 29.3 Å². The van der Waals surface area contributed by atoms with Gasteiger partial charge in [-0.05, 0) is 69.7 Å². The van der Waals surface area contributed by atoms with E-state index in [1.165, 1.54) is 0 Å². The largest absolute Gasteiger partial charge is 0.598 e. The van der Waals surface area contributed by atoms with E-state index >= 15 is 0 Å². The van der Waals surface area contributed by atoms with E-state index in [-0.39, 0.29) is 5.25 Å². The Bertz CT molecular complexity index is 687. The first-order chi connectivity index (χ1) is 12.5. The fourth-order valence-electron chi connectivity index (χ4n) is 3.05.